The molecule has 0 bridgehead atoms. The second-order valence-electron chi connectivity index (χ2n) is 11.7. The second kappa shape index (κ2) is 11.8. The number of hydrogen-bond acceptors (Lipinski definition) is 5. The first-order valence-corrected chi connectivity index (χ1v) is 14.1. The molecule has 1 heterocycles. The summed E-state index contributed by atoms with van der Waals surface area (Å²) < 4.78 is 19.8. The Kier molecular flexibility index (Phi) is 8.69. The van der Waals surface area contributed by atoms with Crippen LogP contribution in [-0.4, -0.2) is 22.5 Å². The first-order chi connectivity index (χ1) is 18.1. The number of Topliss-reactive ketones (excluding diaryl/α,β-unsaturated/α-hetero) is 3. The fourth-order valence-corrected chi connectivity index (χ4v) is 5.89. The van der Waals surface area contributed by atoms with Crippen molar-refractivity contribution in [2.75, 3.05) is 0 Å². The molecular formula is C32H39FO5. The van der Waals surface area contributed by atoms with Crippen molar-refractivity contribution >= 4 is 17.3 Å². The molecule has 3 aliphatic rings. The van der Waals surface area contributed by atoms with E-state index in [-0.39, 0.29) is 34.5 Å². The minimum atomic E-state index is -0.884. The van der Waals surface area contributed by atoms with Gasteiger partial charge in [-0.05, 0) is 36.0 Å². The van der Waals surface area contributed by atoms with E-state index >= 15 is 0 Å². The van der Waals surface area contributed by atoms with Gasteiger partial charge in [0.15, 0.2) is 17.3 Å². The molecule has 38 heavy (non-hydrogen) atoms. The third-order valence-electron chi connectivity index (χ3n) is 7.89. The highest BCUT2D eigenvalue weighted by atomic mass is 19.1. The molecule has 2 aliphatic carbocycles. The lowest BCUT2D eigenvalue weighted by atomic mass is 9.68. The highest BCUT2D eigenvalue weighted by molar-refractivity contribution is 6.25. The largest absolute Gasteiger partial charge is 0.504 e. The number of aliphatic hydroxyl groups is 1. The first-order valence-electron chi connectivity index (χ1n) is 14.1. The van der Waals surface area contributed by atoms with Crippen molar-refractivity contribution in [2.24, 2.45) is 5.41 Å². The normalized spacial score (nSPS) is 21.1. The van der Waals surface area contributed by atoms with Gasteiger partial charge in [-0.15, -0.1) is 0 Å². The molecule has 4 rings (SSSR count). The number of ether oxygens (including phenoxy) is 1. The van der Waals surface area contributed by atoms with Crippen LogP contribution in [0.25, 0.3) is 0 Å². The Morgan fingerprint density at radius 3 is 2.11 bits per heavy atom. The van der Waals surface area contributed by atoms with Gasteiger partial charge in [0.25, 0.3) is 0 Å². The lowest BCUT2D eigenvalue weighted by Crippen LogP contribution is -2.37. The zero-order valence-electron chi connectivity index (χ0n) is 22.8. The van der Waals surface area contributed by atoms with E-state index in [4.69, 9.17) is 4.74 Å². The minimum Gasteiger partial charge on any atom is -0.504 e. The number of halogens is 1. The van der Waals surface area contributed by atoms with Gasteiger partial charge in [0.05, 0.1) is 5.57 Å². The predicted octanol–water partition coefficient (Wildman–Crippen LogP) is 7.72. The molecule has 1 aliphatic heterocycles. The monoisotopic (exact) mass is 522 g/mol. The lowest BCUT2D eigenvalue weighted by Gasteiger charge is -2.39. The number of unbranched alkanes of at least 4 members (excludes halogenated alkanes) is 8. The molecular weight excluding hydrogens is 483 g/mol. The Balaban J connectivity index is 1.55. The van der Waals surface area contributed by atoms with Gasteiger partial charge in [-0.2, -0.15) is 0 Å². The molecule has 0 saturated carbocycles. The molecule has 1 atom stereocenters. The average molecular weight is 523 g/mol. The molecule has 1 N–H and O–H groups in total. The topological polar surface area (TPSA) is 80.7 Å². The van der Waals surface area contributed by atoms with Crippen LogP contribution in [0.15, 0.2) is 58.3 Å². The maximum atomic E-state index is 13.7. The Bertz CT molecular complexity index is 1200. The number of rotatable bonds is 11. The molecule has 204 valence electrons. The number of benzene rings is 1. The number of carbonyl (C=O) groups excluding carboxylic acids is 3. The van der Waals surface area contributed by atoms with Crippen molar-refractivity contribution in [1.29, 1.82) is 0 Å². The predicted molar refractivity (Wildman–Crippen MR) is 144 cm³/mol. The highest BCUT2D eigenvalue weighted by Gasteiger charge is 2.49. The molecule has 0 amide bonds. The van der Waals surface area contributed by atoms with E-state index in [0.717, 1.165) is 19.3 Å². The molecule has 1 aromatic rings. The molecule has 1 aromatic carbocycles. The van der Waals surface area contributed by atoms with E-state index in [1.807, 2.05) is 13.8 Å². The van der Waals surface area contributed by atoms with Crippen LogP contribution in [0.2, 0.25) is 0 Å². The van der Waals surface area contributed by atoms with Gasteiger partial charge in [-0.25, -0.2) is 4.39 Å². The molecule has 5 nitrogen and oxygen atoms in total. The van der Waals surface area contributed by atoms with Crippen molar-refractivity contribution in [3.63, 3.8) is 0 Å². The molecule has 6 heteroatoms. The quantitative estimate of drug-likeness (QED) is 0.238. The van der Waals surface area contributed by atoms with Crippen LogP contribution in [0.1, 0.15) is 109 Å². The van der Waals surface area contributed by atoms with Crippen molar-refractivity contribution in [1.82, 2.24) is 0 Å². The van der Waals surface area contributed by atoms with E-state index < -0.39 is 29.1 Å². The summed E-state index contributed by atoms with van der Waals surface area (Å²) >= 11 is 0. The standard InChI is InChI=1S/C32H39FO5/c1-4-5-6-7-8-9-10-11-12-13-22-28(35)30(37)27-25(20-14-16-21(33)17-15-20)26-23(34)18-32(2,3)19-24(26)38-31(27)29(22)36/h14-17,25,35H,4-13,18-19H2,1-3H3. The van der Waals surface area contributed by atoms with E-state index in [2.05, 4.69) is 6.92 Å². The summed E-state index contributed by atoms with van der Waals surface area (Å²) in [5.41, 5.74) is 0.535. The van der Waals surface area contributed by atoms with Crippen LogP contribution in [0.3, 0.4) is 0 Å². The molecule has 1 unspecified atom stereocenters. The van der Waals surface area contributed by atoms with E-state index in [1.54, 1.807) is 0 Å². The molecule has 0 fully saturated rings. The van der Waals surface area contributed by atoms with Gasteiger partial charge < -0.3 is 9.84 Å². The third kappa shape index (κ3) is 5.84. The Morgan fingerprint density at radius 1 is 0.868 bits per heavy atom. The third-order valence-corrected chi connectivity index (χ3v) is 7.89. The van der Waals surface area contributed by atoms with Crippen LogP contribution < -0.4 is 0 Å². The Hall–Kier alpha value is -3.02. The van der Waals surface area contributed by atoms with E-state index in [9.17, 15) is 23.9 Å². The van der Waals surface area contributed by atoms with Crippen molar-refractivity contribution in [2.45, 2.75) is 104 Å². The van der Waals surface area contributed by atoms with Gasteiger partial charge >= 0.3 is 0 Å². The first kappa shape index (κ1) is 28.0. The molecule has 0 aromatic heterocycles. The van der Waals surface area contributed by atoms with Crippen LogP contribution in [0.4, 0.5) is 4.39 Å². The van der Waals surface area contributed by atoms with Gasteiger partial charge in [0.1, 0.15) is 11.6 Å². The van der Waals surface area contributed by atoms with E-state index in [1.165, 1.54) is 56.4 Å². The number of ketones is 3. The van der Waals surface area contributed by atoms with Gasteiger partial charge in [-0.3, -0.25) is 14.4 Å². The summed E-state index contributed by atoms with van der Waals surface area (Å²) in [7, 11) is 0. The fraction of sp³-hybridized carbons (Fsp3) is 0.531. The van der Waals surface area contributed by atoms with Crippen LogP contribution in [0, 0.1) is 11.2 Å². The van der Waals surface area contributed by atoms with Crippen LogP contribution in [0.5, 0.6) is 0 Å². The zero-order chi connectivity index (χ0) is 27.4. The number of hydrogen-bond donors (Lipinski definition) is 1. The summed E-state index contributed by atoms with van der Waals surface area (Å²) in [6, 6.07) is 5.57. The molecule has 0 spiro atoms. The van der Waals surface area contributed by atoms with Crippen molar-refractivity contribution in [3.05, 3.63) is 69.6 Å². The van der Waals surface area contributed by atoms with Gasteiger partial charge in [-0.1, -0.05) is 84.3 Å². The van der Waals surface area contributed by atoms with Crippen LogP contribution >= 0.6 is 0 Å². The summed E-state index contributed by atoms with van der Waals surface area (Å²) in [5.74, 6) is -2.95. The summed E-state index contributed by atoms with van der Waals surface area (Å²) in [6.07, 6.45) is 11.0. The fourth-order valence-electron chi connectivity index (χ4n) is 5.89. The van der Waals surface area contributed by atoms with Gasteiger partial charge in [0.2, 0.25) is 11.6 Å². The average Bonchev–Trinajstić information content (AvgIpc) is 2.87. The van der Waals surface area contributed by atoms with Crippen molar-refractivity contribution in [3.8, 4) is 0 Å². The zero-order valence-corrected chi connectivity index (χ0v) is 22.8. The number of carbonyl (C=O) groups is 3. The maximum Gasteiger partial charge on any atom is 0.228 e. The minimum absolute atomic E-state index is 0.0262. The maximum absolute atomic E-state index is 13.7. The summed E-state index contributed by atoms with van der Waals surface area (Å²) in [6.45, 7) is 6.13. The Morgan fingerprint density at radius 2 is 1.47 bits per heavy atom. The number of aliphatic hydroxyl groups excluding tert-OH is 1. The second-order valence-corrected chi connectivity index (χ2v) is 11.7. The smallest absolute Gasteiger partial charge is 0.228 e. The highest BCUT2D eigenvalue weighted by Crippen LogP contribution is 2.51. The van der Waals surface area contributed by atoms with Crippen LogP contribution in [-0.2, 0) is 19.1 Å². The Labute approximate surface area is 224 Å². The van der Waals surface area contributed by atoms with Crippen molar-refractivity contribution < 1.29 is 28.6 Å². The number of allylic oxidation sites excluding steroid dienone is 4. The molecule has 0 saturated heterocycles. The SMILES string of the molecule is CCCCCCCCCCCC1=C(O)C(=O)C2=C(OC3=C(C(=O)CC(C)(C)C3)C2c2ccc(F)cc2)C1=O. The van der Waals surface area contributed by atoms with Gasteiger partial charge in [0, 0.05) is 29.9 Å². The summed E-state index contributed by atoms with van der Waals surface area (Å²) in [5, 5.41) is 10.9. The summed E-state index contributed by atoms with van der Waals surface area (Å²) in [4.78, 5) is 40.4. The molecule has 0 radical (unpaired) electrons. The van der Waals surface area contributed by atoms with E-state index in [0.29, 0.717) is 36.2 Å². The lowest BCUT2D eigenvalue weighted by molar-refractivity contribution is -0.122.